The Hall–Kier alpha value is -1.29. The molecule has 0 bridgehead atoms. The van der Waals surface area contributed by atoms with Crippen molar-refractivity contribution in [1.82, 2.24) is 4.98 Å². The molecule has 0 aromatic carbocycles. The molecule has 1 fully saturated rings. The van der Waals surface area contributed by atoms with E-state index in [-0.39, 0.29) is 0 Å². The van der Waals surface area contributed by atoms with Gasteiger partial charge in [0.15, 0.2) is 0 Å². The highest BCUT2D eigenvalue weighted by molar-refractivity contribution is 5.49. The van der Waals surface area contributed by atoms with E-state index in [4.69, 9.17) is 10.5 Å². The average Bonchev–Trinajstić information content (AvgIpc) is 2.85. The second kappa shape index (κ2) is 5.87. The van der Waals surface area contributed by atoms with Crippen LogP contribution >= 0.6 is 0 Å². The molecule has 4 nitrogen and oxygen atoms in total. The molecule has 94 valence electrons. The minimum atomic E-state index is 0.621. The van der Waals surface area contributed by atoms with E-state index in [0.717, 1.165) is 44.1 Å². The van der Waals surface area contributed by atoms with Gasteiger partial charge >= 0.3 is 0 Å². The van der Waals surface area contributed by atoms with E-state index >= 15 is 0 Å². The number of nitrogens with two attached hydrogens (primary N) is 1. The van der Waals surface area contributed by atoms with Crippen molar-refractivity contribution in [2.24, 2.45) is 11.7 Å². The minimum Gasteiger partial charge on any atom is -0.492 e. The lowest BCUT2D eigenvalue weighted by Crippen LogP contribution is -2.22. The lowest BCUT2D eigenvalue weighted by Gasteiger charge is -2.18. The van der Waals surface area contributed by atoms with E-state index in [1.165, 1.54) is 6.42 Å². The van der Waals surface area contributed by atoms with Crippen molar-refractivity contribution in [2.45, 2.75) is 19.8 Å². The quantitative estimate of drug-likeness (QED) is 0.843. The van der Waals surface area contributed by atoms with E-state index in [1.54, 1.807) is 6.20 Å². The SMILES string of the molecule is CCCOc1cncc(N2CCC(CN)C2)c1. The predicted octanol–water partition coefficient (Wildman–Crippen LogP) is 1.66. The predicted molar refractivity (Wildman–Crippen MR) is 69.4 cm³/mol. The van der Waals surface area contributed by atoms with Crippen LogP contribution in [0.1, 0.15) is 19.8 Å². The number of anilines is 1. The highest BCUT2D eigenvalue weighted by Gasteiger charge is 2.21. The zero-order chi connectivity index (χ0) is 12.1. The first-order chi connectivity index (χ1) is 8.33. The van der Waals surface area contributed by atoms with Crippen LogP contribution in [0.5, 0.6) is 5.75 Å². The van der Waals surface area contributed by atoms with Gasteiger partial charge in [-0.2, -0.15) is 0 Å². The third-order valence-electron chi connectivity index (χ3n) is 3.16. The monoisotopic (exact) mass is 235 g/mol. The van der Waals surface area contributed by atoms with Crippen molar-refractivity contribution in [2.75, 3.05) is 31.1 Å². The number of ether oxygens (including phenoxy) is 1. The van der Waals surface area contributed by atoms with Gasteiger partial charge in [0, 0.05) is 19.2 Å². The summed E-state index contributed by atoms with van der Waals surface area (Å²) in [4.78, 5) is 6.57. The van der Waals surface area contributed by atoms with Crippen molar-refractivity contribution < 1.29 is 4.74 Å². The van der Waals surface area contributed by atoms with Crippen LogP contribution in [0.2, 0.25) is 0 Å². The Morgan fingerprint density at radius 2 is 2.41 bits per heavy atom. The molecule has 1 saturated heterocycles. The van der Waals surface area contributed by atoms with Crippen LogP contribution in [0.25, 0.3) is 0 Å². The molecule has 0 radical (unpaired) electrons. The summed E-state index contributed by atoms with van der Waals surface area (Å²) in [7, 11) is 0. The molecule has 1 unspecified atom stereocenters. The second-order valence-electron chi connectivity index (χ2n) is 4.56. The third-order valence-corrected chi connectivity index (χ3v) is 3.16. The molecule has 17 heavy (non-hydrogen) atoms. The molecule has 4 heteroatoms. The molecule has 1 aromatic heterocycles. The lowest BCUT2D eigenvalue weighted by atomic mass is 10.1. The average molecular weight is 235 g/mol. The summed E-state index contributed by atoms with van der Waals surface area (Å²) in [6.07, 6.45) is 5.87. The molecule has 0 aliphatic carbocycles. The van der Waals surface area contributed by atoms with Crippen LogP contribution in [0.15, 0.2) is 18.5 Å². The van der Waals surface area contributed by atoms with Crippen LogP contribution in [-0.2, 0) is 0 Å². The fourth-order valence-corrected chi connectivity index (χ4v) is 2.14. The largest absolute Gasteiger partial charge is 0.492 e. The fraction of sp³-hybridized carbons (Fsp3) is 0.615. The molecule has 0 spiro atoms. The Bertz CT molecular complexity index is 356. The maximum atomic E-state index is 5.70. The number of hydrogen-bond acceptors (Lipinski definition) is 4. The zero-order valence-electron chi connectivity index (χ0n) is 10.4. The molecular formula is C13H21N3O. The van der Waals surface area contributed by atoms with Crippen molar-refractivity contribution in [3.05, 3.63) is 18.5 Å². The highest BCUT2D eigenvalue weighted by Crippen LogP contribution is 2.25. The molecule has 0 saturated carbocycles. The molecule has 2 heterocycles. The topological polar surface area (TPSA) is 51.4 Å². The summed E-state index contributed by atoms with van der Waals surface area (Å²) in [5.41, 5.74) is 6.85. The molecule has 2 N–H and O–H groups in total. The van der Waals surface area contributed by atoms with Crippen LogP contribution in [0.4, 0.5) is 5.69 Å². The van der Waals surface area contributed by atoms with Crippen molar-refractivity contribution in [1.29, 1.82) is 0 Å². The molecule has 1 aliphatic heterocycles. The summed E-state index contributed by atoms with van der Waals surface area (Å²) in [6.45, 7) is 5.73. The Morgan fingerprint density at radius 1 is 1.53 bits per heavy atom. The first-order valence-electron chi connectivity index (χ1n) is 6.36. The summed E-state index contributed by atoms with van der Waals surface area (Å²) in [5.74, 6) is 1.48. The van der Waals surface area contributed by atoms with E-state index in [1.807, 2.05) is 6.20 Å². The smallest absolute Gasteiger partial charge is 0.139 e. The van der Waals surface area contributed by atoms with Gasteiger partial charge in [-0.25, -0.2) is 0 Å². The van der Waals surface area contributed by atoms with Crippen LogP contribution in [0, 0.1) is 5.92 Å². The van der Waals surface area contributed by atoms with E-state index in [0.29, 0.717) is 5.92 Å². The minimum absolute atomic E-state index is 0.621. The van der Waals surface area contributed by atoms with Crippen molar-refractivity contribution in [3.8, 4) is 5.75 Å². The molecule has 1 atom stereocenters. The van der Waals surface area contributed by atoms with Gasteiger partial charge < -0.3 is 15.4 Å². The highest BCUT2D eigenvalue weighted by atomic mass is 16.5. The summed E-state index contributed by atoms with van der Waals surface area (Å²) >= 11 is 0. The maximum Gasteiger partial charge on any atom is 0.139 e. The third kappa shape index (κ3) is 3.09. The summed E-state index contributed by atoms with van der Waals surface area (Å²) in [5, 5.41) is 0. The Morgan fingerprint density at radius 3 is 3.12 bits per heavy atom. The Kier molecular flexibility index (Phi) is 4.20. The van der Waals surface area contributed by atoms with Crippen LogP contribution in [-0.4, -0.2) is 31.2 Å². The van der Waals surface area contributed by atoms with E-state index in [9.17, 15) is 0 Å². The Labute approximate surface area is 103 Å². The number of nitrogens with zero attached hydrogens (tertiary/aromatic N) is 2. The molecule has 0 amide bonds. The first kappa shape index (κ1) is 12.2. The number of hydrogen-bond donors (Lipinski definition) is 1. The number of rotatable bonds is 5. The van der Waals surface area contributed by atoms with Gasteiger partial charge in [-0.15, -0.1) is 0 Å². The Balaban J connectivity index is 2.01. The maximum absolute atomic E-state index is 5.70. The molecule has 1 aromatic rings. The van der Waals surface area contributed by atoms with Crippen molar-refractivity contribution in [3.63, 3.8) is 0 Å². The van der Waals surface area contributed by atoms with Gasteiger partial charge in [-0.05, 0) is 25.3 Å². The number of aromatic nitrogens is 1. The summed E-state index contributed by atoms with van der Waals surface area (Å²) < 4.78 is 5.59. The van der Waals surface area contributed by atoms with Crippen LogP contribution < -0.4 is 15.4 Å². The van der Waals surface area contributed by atoms with Gasteiger partial charge in [0.05, 0.1) is 24.7 Å². The van der Waals surface area contributed by atoms with Crippen LogP contribution in [0.3, 0.4) is 0 Å². The summed E-state index contributed by atoms with van der Waals surface area (Å²) in [6, 6.07) is 2.07. The molecule has 1 aliphatic rings. The lowest BCUT2D eigenvalue weighted by molar-refractivity contribution is 0.316. The first-order valence-corrected chi connectivity index (χ1v) is 6.36. The normalized spacial score (nSPS) is 19.6. The second-order valence-corrected chi connectivity index (χ2v) is 4.56. The van der Waals surface area contributed by atoms with E-state index < -0.39 is 0 Å². The van der Waals surface area contributed by atoms with Gasteiger partial charge in [0.25, 0.3) is 0 Å². The number of pyridine rings is 1. The fourth-order valence-electron chi connectivity index (χ4n) is 2.14. The van der Waals surface area contributed by atoms with Gasteiger partial charge in [-0.3, -0.25) is 4.98 Å². The zero-order valence-corrected chi connectivity index (χ0v) is 10.4. The van der Waals surface area contributed by atoms with Gasteiger partial charge in [0.1, 0.15) is 5.75 Å². The van der Waals surface area contributed by atoms with Gasteiger partial charge in [0.2, 0.25) is 0 Å². The van der Waals surface area contributed by atoms with E-state index in [2.05, 4.69) is 22.9 Å². The standard InChI is InChI=1S/C13H21N3O/c1-2-5-17-13-6-12(8-15-9-13)16-4-3-11(7-14)10-16/h6,8-9,11H,2-5,7,10,14H2,1H3. The molecular weight excluding hydrogens is 214 g/mol. The molecule has 2 rings (SSSR count). The van der Waals surface area contributed by atoms with Gasteiger partial charge in [-0.1, -0.05) is 6.92 Å². The van der Waals surface area contributed by atoms with Crippen molar-refractivity contribution >= 4 is 5.69 Å².